The lowest BCUT2D eigenvalue weighted by Gasteiger charge is -2.41. The molecule has 3 aliphatic rings. The maximum atomic E-state index is 14.8. The molecule has 293 valence electrons. The van der Waals surface area contributed by atoms with Gasteiger partial charge in [-0.3, -0.25) is 34.1 Å². The molecule has 53 heavy (non-hydrogen) atoms. The van der Waals surface area contributed by atoms with E-state index in [4.69, 9.17) is 17.2 Å². The predicted molar refractivity (Wildman–Crippen MR) is 201 cm³/mol. The summed E-state index contributed by atoms with van der Waals surface area (Å²) in [5.41, 5.74) is 17.4. The summed E-state index contributed by atoms with van der Waals surface area (Å²) in [4.78, 5) is 81.9. The van der Waals surface area contributed by atoms with Crippen LogP contribution in [0.4, 0.5) is 5.69 Å². The minimum absolute atomic E-state index is 0.0604. The van der Waals surface area contributed by atoms with E-state index in [0.717, 1.165) is 51.4 Å². The zero-order valence-corrected chi connectivity index (χ0v) is 31.3. The molecule has 0 spiro atoms. The largest absolute Gasteiger partial charge is 0.343 e. The van der Waals surface area contributed by atoms with Crippen molar-refractivity contribution in [1.82, 2.24) is 15.5 Å². The highest BCUT2D eigenvalue weighted by atomic mass is 16.6. The number of unbranched alkanes of at least 4 members (excludes halogenated alkanes) is 1. The average molecular weight is 739 g/mol. The zero-order valence-electron chi connectivity index (χ0n) is 31.3. The first-order valence-corrected chi connectivity index (χ1v) is 19.7. The van der Waals surface area contributed by atoms with Gasteiger partial charge >= 0.3 is 0 Å². The Balaban J connectivity index is 1.56. The van der Waals surface area contributed by atoms with Crippen LogP contribution in [0.1, 0.15) is 108 Å². The van der Waals surface area contributed by atoms with Gasteiger partial charge in [-0.2, -0.15) is 0 Å². The fourth-order valence-corrected chi connectivity index (χ4v) is 8.83. The van der Waals surface area contributed by atoms with Crippen LogP contribution in [-0.2, 0) is 30.4 Å². The molecular weight excluding hydrogens is 678 g/mol. The van der Waals surface area contributed by atoms with Crippen molar-refractivity contribution < 1.29 is 28.9 Å². The number of non-ortho nitro benzene ring substituents is 1. The summed E-state index contributed by atoms with van der Waals surface area (Å²) >= 11 is 0. The summed E-state index contributed by atoms with van der Waals surface area (Å²) in [5.74, 6) is -3.18. The highest BCUT2D eigenvalue weighted by Crippen LogP contribution is 2.39. The SMILES string of the molecule is CN[C@@H](Cc1ccc([N+](=O)[O-])cc1)C(=O)N[C@@H](CCCCN)C(=O)N1CCC[C@H]1C(=O)C(C1CCCCC1)[C@](N)([C]=O)C(=O)[C@H](N)CC1CCCCC1. The molecule has 2 amide bonds. The molecule has 8 N–H and O–H groups in total. The topological polar surface area (TPSA) is 234 Å². The maximum Gasteiger partial charge on any atom is 0.269 e. The summed E-state index contributed by atoms with van der Waals surface area (Å²) in [7, 11) is 1.62. The van der Waals surface area contributed by atoms with Crippen LogP contribution < -0.4 is 27.8 Å². The predicted octanol–water partition coefficient (Wildman–Crippen LogP) is 2.77. The summed E-state index contributed by atoms with van der Waals surface area (Å²) < 4.78 is 0. The normalized spacial score (nSPS) is 21.9. The Labute approximate surface area is 313 Å². The van der Waals surface area contributed by atoms with E-state index in [1.807, 2.05) is 6.29 Å². The standard InChI is InChI=1S/C39H60N7O7/c1-43-32(24-27-17-19-29(20-18-27)46(52)53)37(50)44-31(15-8-9-21-40)38(51)45-22-10-16-33(45)35(48)34(28-13-6-3-7-14-28)39(42,25-47)36(49)30(41)23-26-11-4-2-5-12-26/h17-20,26,28,30-34,43H,2-16,21-24,40-42H2,1H3,(H,44,50)/t30-,31+,32+,33+,34?,39-/m1/s1. The number of hydrogen-bond acceptors (Lipinski definition) is 11. The van der Waals surface area contributed by atoms with E-state index < -0.39 is 63.9 Å². The van der Waals surface area contributed by atoms with Crippen LogP contribution in [0.2, 0.25) is 0 Å². The van der Waals surface area contributed by atoms with Crippen LogP contribution in [0.5, 0.6) is 0 Å². The van der Waals surface area contributed by atoms with Gasteiger partial charge in [0.05, 0.1) is 29.0 Å². The van der Waals surface area contributed by atoms with Crippen molar-refractivity contribution in [2.24, 2.45) is 35.0 Å². The van der Waals surface area contributed by atoms with Crippen molar-refractivity contribution in [3.63, 3.8) is 0 Å². The molecule has 1 aliphatic heterocycles. The van der Waals surface area contributed by atoms with E-state index in [0.29, 0.717) is 57.1 Å². The lowest BCUT2D eigenvalue weighted by molar-refractivity contribution is -0.384. The van der Waals surface area contributed by atoms with Gasteiger partial charge in [0, 0.05) is 18.7 Å². The van der Waals surface area contributed by atoms with Crippen molar-refractivity contribution in [3.8, 4) is 0 Å². The second-order valence-electron chi connectivity index (χ2n) is 15.5. The van der Waals surface area contributed by atoms with Gasteiger partial charge in [0.1, 0.15) is 6.04 Å². The number of rotatable bonds is 20. The fourth-order valence-electron chi connectivity index (χ4n) is 8.83. The average Bonchev–Trinajstić information content (AvgIpc) is 3.67. The van der Waals surface area contributed by atoms with E-state index in [1.54, 1.807) is 19.2 Å². The van der Waals surface area contributed by atoms with Crippen molar-refractivity contribution >= 4 is 35.4 Å². The summed E-state index contributed by atoms with van der Waals surface area (Å²) in [6.45, 7) is 0.672. The number of nitrogens with zero attached hydrogens (tertiary/aromatic N) is 2. The minimum Gasteiger partial charge on any atom is -0.343 e. The molecule has 1 unspecified atom stereocenters. The molecule has 0 aromatic heterocycles. The van der Waals surface area contributed by atoms with Crippen LogP contribution >= 0.6 is 0 Å². The molecule has 3 fully saturated rings. The van der Waals surface area contributed by atoms with Gasteiger partial charge in [-0.25, -0.2) is 0 Å². The molecule has 4 rings (SSSR count). The Morgan fingerprint density at radius 1 is 0.962 bits per heavy atom. The first kappa shape index (κ1) is 42.2. The van der Waals surface area contributed by atoms with Crippen molar-refractivity contribution in [2.75, 3.05) is 20.1 Å². The minimum atomic E-state index is -2.24. The number of benzene rings is 1. The van der Waals surface area contributed by atoms with E-state index in [-0.39, 0.29) is 36.9 Å². The third kappa shape index (κ3) is 10.8. The second kappa shape index (κ2) is 20.2. The van der Waals surface area contributed by atoms with Crippen LogP contribution in [0.15, 0.2) is 24.3 Å². The number of likely N-dealkylation sites (tertiary alicyclic amines) is 1. The Bertz CT molecular complexity index is 1410. The fraction of sp³-hybridized carbons (Fsp3) is 0.718. The molecule has 2 aliphatic carbocycles. The van der Waals surface area contributed by atoms with Crippen LogP contribution in [0.25, 0.3) is 0 Å². The number of nitrogens with two attached hydrogens (primary N) is 3. The molecule has 0 bridgehead atoms. The molecule has 1 saturated heterocycles. The van der Waals surface area contributed by atoms with Gasteiger partial charge < -0.3 is 32.7 Å². The molecule has 1 heterocycles. The Kier molecular flexibility index (Phi) is 16.1. The zero-order chi connectivity index (χ0) is 38.5. The Hall–Kier alpha value is -3.59. The molecule has 2 saturated carbocycles. The van der Waals surface area contributed by atoms with E-state index in [1.165, 1.54) is 17.0 Å². The molecule has 14 heteroatoms. The van der Waals surface area contributed by atoms with Crippen molar-refractivity contribution in [1.29, 1.82) is 0 Å². The molecule has 6 atom stereocenters. The van der Waals surface area contributed by atoms with Gasteiger partial charge in [0.2, 0.25) is 18.1 Å². The van der Waals surface area contributed by atoms with Crippen molar-refractivity contribution in [2.45, 2.75) is 139 Å². The van der Waals surface area contributed by atoms with E-state index >= 15 is 0 Å². The maximum absolute atomic E-state index is 14.8. The number of carbonyl (C=O) groups excluding carboxylic acids is 5. The second-order valence-corrected chi connectivity index (χ2v) is 15.5. The van der Waals surface area contributed by atoms with Gasteiger partial charge in [-0.1, -0.05) is 63.5 Å². The number of likely N-dealkylation sites (N-methyl/N-ethyl adjacent to an activating group) is 1. The lowest BCUT2D eigenvalue weighted by Crippen LogP contribution is -2.66. The number of nitrogens with one attached hydrogen (secondary N) is 2. The van der Waals surface area contributed by atoms with Gasteiger partial charge in [-0.05, 0) is 88.8 Å². The van der Waals surface area contributed by atoms with Gasteiger partial charge in [-0.15, -0.1) is 0 Å². The number of amides is 2. The Morgan fingerprint density at radius 3 is 2.19 bits per heavy atom. The third-order valence-corrected chi connectivity index (χ3v) is 11.8. The first-order chi connectivity index (χ1) is 25.4. The van der Waals surface area contributed by atoms with E-state index in [9.17, 15) is 34.1 Å². The van der Waals surface area contributed by atoms with Gasteiger partial charge in [0.15, 0.2) is 17.1 Å². The monoisotopic (exact) mass is 738 g/mol. The summed E-state index contributed by atoms with van der Waals surface area (Å²) in [5, 5.41) is 17.0. The quantitative estimate of drug-likeness (QED) is 0.0565. The smallest absolute Gasteiger partial charge is 0.269 e. The van der Waals surface area contributed by atoms with Gasteiger partial charge in [0.25, 0.3) is 5.69 Å². The summed E-state index contributed by atoms with van der Waals surface area (Å²) in [6.07, 6.45) is 13.9. The highest BCUT2D eigenvalue weighted by Gasteiger charge is 2.54. The Morgan fingerprint density at radius 2 is 1.60 bits per heavy atom. The molecule has 14 nitrogen and oxygen atoms in total. The molecule has 1 aromatic carbocycles. The van der Waals surface area contributed by atoms with Crippen LogP contribution in [0.3, 0.4) is 0 Å². The van der Waals surface area contributed by atoms with Crippen molar-refractivity contribution in [3.05, 3.63) is 39.9 Å². The molecule has 1 radical (unpaired) electrons. The highest BCUT2D eigenvalue weighted by molar-refractivity contribution is 6.11. The van der Waals surface area contributed by atoms with Crippen LogP contribution in [0, 0.1) is 27.9 Å². The number of hydrogen-bond donors (Lipinski definition) is 5. The summed E-state index contributed by atoms with van der Waals surface area (Å²) in [6, 6.07) is 2.28. The molecular formula is C39H60N7O7. The number of carbonyl (C=O) groups is 4. The first-order valence-electron chi connectivity index (χ1n) is 19.7. The molecule has 1 aromatic rings. The number of nitro benzene ring substituents is 1. The number of nitro groups is 1. The third-order valence-electron chi connectivity index (χ3n) is 11.8. The van der Waals surface area contributed by atoms with E-state index in [2.05, 4.69) is 10.6 Å². The number of Topliss-reactive ketones (excluding diaryl/α,β-unsaturated/α-hetero) is 2. The van der Waals surface area contributed by atoms with Crippen LogP contribution in [-0.4, -0.2) is 89.3 Å². The lowest BCUT2D eigenvalue weighted by atomic mass is 9.65. The number of ketones is 2.